The third-order valence-corrected chi connectivity index (χ3v) is 2.79. The van der Waals surface area contributed by atoms with Gasteiger partial charge in [0.2, 0.25) is 5.91 Å². The minimum Gasteiger partial charge on any atom is -0.399 e. The highest BCUT2D eigenvalue weighted by atomic mass is 16.2. The van der Waals surface area contributed by atoms with Crippen LogP contribution in [-0.2, 0) is 11.2 Å². The van der Waals surface area contributed by atoms with Gasteiger partial charge in [-0.3, -0.25) is 4.79 Å². The zero-order valence-electron chi connectivity index (χ0n) is 11.9. The number of hydrogen-bond acceptors (Lipinski definition) is 2. The van der Waals surface area contributed by atoms with E-state index in [-0.39, 0.29) is 11.3 Å². The summed E-state index contributed by atoms with van der Waals surface area (Å²) in [7, 11) is 1.86. The summed E-state index contributed by atoms with van der Waals surface area (Å²) in [4.78, 5) is 13.7. The first-order chi connectivity index (χ1) is 8.28. The second kappa shape index (κ2) is 5.89. The van der Waals surface area contributed by atoms with Crippen molar-refractivity contribution in [1.29, 1.82) is 0 Å². The van der Waals surface area contributed by atoms with Crippen LogP contribution in [0, 0.1) is 5.41 Å². The van der Waals surface area contributed by atoms with Crippen LogP contribution in [-0.4, -0.2) is 24.4 Å². The summed E-state index contributed by atoms with van der Waals surface area (Å²) in [6, 6.07) is 7.82. The van der Waals surface area contributed by atoms with Gasteiger partial charge >= 0.3 is 0 Å². The predicted octanol–water partition coefficient (Wildman–Crippen LogP) is 2.71. The summed E-state index contributed by atoms with van der Waals surface area (Å²) in [6.07, 6.45) is 1.43. The van der Waals surface area contributed by atoms with Gasteiger partial charge in [-0.25, -0.2) is 0 Å². The molecule has 0 spiro atoms. The lowest BCUT2D eigenvalue weighted by molar-refractivity contribution is -0.131. The molecule has 0 unspecified atom stereocenters. The van der Waals surface area contributed by atoms with Gasteiger partial charge in [-0.05, 0) is 29.5 Å². The molecule has 0 aliphatic carbocycles. The Morgan fingerprint density at radius 2 is 2.00 bits per heavy atom. The average Bonchev–Trinajstić information content (AvgIpc) is 2.23. The third kappa shape index (κ3) is 5.21. The second-order valence-corrected chi connectivity index (χ2v) is 6.05. The Hall–Kier alpha value is -1.51. The number of amides is 1. The molecule has 100 valence electrons. The number of nitrogens with zero attached hydrogens (tertiary/aromatic N) is 1. The minimum absolute atomic E-state index is 0.0442. The molecular formula is C15H24N2O. The van der Waals surface area contributed by atoms with Gasteiger partial charge in [0.25, 0.3) is 0 Å². The monoisotopic (exact) mass is 248 g/mol. The smallest absolute Gasteiger partial charge is 0.222 e. The van der Waals surface area contributed by atoms with Crippen molar-refractivity contribution in [3.63, 3.8) is 0 Å². The normalized spacial score (nSPS) is 11.3. The van der Waals surface area contributed by atoms with Crippen LogP contribution in [0.3, 0.4) is 0 Å². The quantitative estimate of drug-likeness (QED) is 0.833. The largest absolute Gasteiger partial charge is 0.399 e. The van der Waals surface area contributed by atoms with E-state index in [2.05, 4.69) is 20.8 Å². The average molecular weight is 248 g/mol. The van der Waals surface area contributed by atoms with Gasteiger partial charge in [-0.2, -0.15) is 0 Å². The molecule has 1 rings (SSSR count). The highest BCUT2D eigenvalue weighted by Crippen LogP contribution is 2.19. The fraction of sp³-hybridized carbons (Fsp3) is 0.533. The van der Waals surface area contributed by atoms with Crippen LogP contribution in [0.1, 0.15) is 32.8 Å². The summed E-state index contributed by atoms with van der Waals surface area (Å²) in [5.74, 6) is 0.200. The molecule has 0 saturated heterocycles. The molecule has 0 aromatic heterocycles. The standard InChI is InChI=1S/C15H24N2O/c1-15(2,3)11-14(18)17(4)9-8-12-6-5-7-13(16)10-12/h5-7,10H,8-9,11,16H2,1-4H3. The maximum absolute atomic E-state index is 11.9. The molecule has 0 bridgehead atoms. The van der Waals surface area contributed by atoms with Gasteiger partial charge in [0.05, 0.1) is 0 Å². The van der Waals surface area contributed by atoms with E-state index in [4.69, 9.17) is 5.73 Å². The first-order valence-electron chi connectivity index (χ1n) is 6.36. The Morgan fingerprint density at radius 1 is 1.33 bits per heavy atom. The van der Waals surface area contributed by atoms with Gasteiger partial charge in [-0.15, -0.1) is 0 Å². The fourth-order valence-corrected chi connectivity index (χ4v) is 1.76. The van der Waals surface area contributed by atoms with Crippen LogP contribution in [0.25, 0.3) is 0 Å². The fourth-order valence-electron chi connectivity index (χ4n) is 1.76. The summed E-state index contributed by atoms with van der Waals surface area (Å²) < 4.78 is 0. The van der Waals surface area contributed by atoms with Crippen molar-refractivity contribution in [2.45, 2.75) is 33.6 Å². The number of carbonyl (C=O) groups excluding carboxylic acids is 1. The van der Waals surface area contributed by atoms with E-state index in [0.717, 1.165) is 18.7 Å². The van der Waals surface area contributed by atoms with Crippen LogP contribution < -0.4 is 5.73 Å². The number of nitrogens with two attached hydrogens (primary N) is 1. The topological polar surface area (TPSA) is 46.3 Å². The summed E-state index contributed by atoms with van der Waals surface area (Å²) in [5, 5.41) is 0. The van der Waals surface area contributed by atoms with Crippen molar-refractivity contribution >= 4 is 11.6 Å². The lowest BCUT2D eigenvalue weighted by atomic mass is 9.91. The molecule has 0 saturated carbocycles. The number of hydrogen-bond donors (Lipinski definition) is 1. The Balaban J connectivity index is 2.46. The zero-order valence-corrected chi connectivity index (χ0v) is 11.9. The Kier molecular flexibility index (Phi) is 4.76. The van der Waals surface area contributed by atoms with E-state index in [1.54, 1.807) is 4.90 Å². The lowest BCUT2D eigenvalue weighted by Gasteiger charge is -2.23. The Bertz CT molecular complexity index is 407. The van der Waals surface area contributed by atoms with Gasteiger partial charge in [0.1, 0.15) is 0 Å². The molecule has 0 radical (unpaired) electrons. The van der Waals surface area contributed by atoms with E-state index < -0.39 is 0 Å². The maximum Gasteiger partial charge on any atom is 0.222 e. The predicted molar refractivity (Wildman–Crippen MR) is 76.3 cm³/mol. The van der Waals surface area contributed by atoms with Crippen molar-refractivity contribution in [3.05, 3.63) is 29.8 Å². The number of benzene rings is 1. The lowest BCUT2D eigenvalue weighted by Crippen LogP contribution is -2.31. The SMILES string of the molecule is CN(CCc1cccc(N)c1)C(=O)CC(C)(C)C. The van der Waals surface area contributed by atoms with Gasteiger partial charge in [0, 0.05) is 25.7 Å². The van der Waals surface area contributed by atoms with Crippen molar-refractivity contribution in [2.75, 3.05) is 19.3 Å². The molecule has 0 aliphatic rings. The second-order valence-electron chi connectivity index (χ2n) is 6.05. The van der Waals surface area contributed by atoms with E-state index in [1.807, 2.05) is 31.3 Å². The molecule has 1 aromatic carbocycles. The van der Waals surface area contributed by atoms with Crippen LogP contribution in [0.5, 0.6) is 0 Å². The molecule has 2 N–H and O–H groups in total. The molecule has 0 atom stereocenters. The van der Waals surface area contributed by atoms with Crippen LogP contribution >= 0.6 is 0 Å². The highest BCUT2D eigenvalue weighted by molar-refractivity contribution is 5.76. The Morgan fingerprint density at radius 3 is 2.56 bits per heavy atom. The van der Waals surface area contributed by atoms with Gasteiger partial charge in [-0.1, -0.05) is 32.9 Å². The summed E-state index contributed by atoms with van der Waals surface area (Å²) in [6.45, 7) is 6.97. The molecule has 3 heteroatoms. The van der Waals surface area contributed by atoms with Gasteiger partial charge < -0.3 is 10.6 Å². The van der Waals surface area contributed by atoms with Crippen molar-refractivity contribution < 1.29 is 4.79 Å². The zero-order chi connectivity index (χ0) is 13.8. The minimum atomic E-state index is 0.0442. The molecule has 18 heavy (non-hydrogen) atoms. The molecule has 0 fully saturated rings. The molecule has 3 nitrogen and oxygen atoms in total. The summed E-state index contributed by atoms with van der Waals surface area (Å²) in [5.41, 5.74) is 7.72. The van der Waals surface area contributed by atoms with Crippen molar-refractivity contribution in [2.24, 2.45) is 5.41 Å². The highest BCUT2D eigenvalue weighted by Gasteiger charge is 2.18. The maximum atomic E-state index is 11.9. The van der Waals surface area contributed by atoms with Crippen molar-refractivity contribution in [3.8, 4) is 0 Å². The first kappa shape index (κ1) is 14.6. The number of anilines is 1. The first-order valence-corrected chi connectivity index (χ1v) is 6.36. The number of carbonyl (C=O) groups is 1. The number of rotatable bonds is 4. The van der Waals surface area contributed by atoms with Gasteiger partial charge in [0.15, 0.2) is 0 Å². The summed E-state index contributed by atoms with van der Waals surface area (Å²) >= 11 is 0. The molecule has 1 aromatic rings. The molecule has 0 aliphatic heterocycles. The number of likely N-dealkylation sites (N-methyl/N-ethyl adjacent to an activating group) is 1. The number of nitrogen functional groups attached to an aromatic ring is 1. The Labute approximate surface area is 110 Å². The van der Waals surface area contributed by atoms with Crippen LogP contribution in [0.2, 0.25) is 0 Å². The molecular weight excluding hydrogens is 224 g/mol. The van der Waals surface area contributed by atoms with E-state index in [9.17, 15) is 4.79 Å². The van der Waals surface area contributed by atoms with E-state index in [0.29, 0.717) is 6.42 Å². The third-order valence-electron chi connectivity index (χ3n) is 2.79. The van der Waals surface area contributed by atoms with E-state index in [1.165, 1.54) is 5.56 Å². The van der Waals surface area contributed by atoms with E-state index >= 15 is 0 Å². The van der Waals surface area contributed by atoms with Crippen LogP contribution in [0.4, 0.5) is 5.69 Å². The molecule has 1 amide bonds. The van der Waals surface area contributed by atoms with Crippen molar-refractivity contribution in [1.82, 2.24) is 4.90 Å². The van der Waals surface area contributed by atoms with Crippen LogP contribution in [0.15, 0.2) is 24.3 Å². The molecule has 0 heterocycles.